The molecule has 0 spiro atoms. The third kappa shape index (κ3) is 6.07. The van der Waals surface area contributed by atoms with Crippen molar-refractivity contribution in [3.8, 4) is 55.5 Å². The van der Waals surface area contributed by atoms with E-state index in [1.165, 1.54) is 103 Å². The number of benzene rings is 4. The average molecular weight is 721 g/mol. The van der Waals surface area contributed by atoms with E-state index in [-0.39, 0.29) is 0 Å². The summed E-state index contributed by atoms with van der Waals surface area (Å²) in [7, 11) is 1.15. The van der Waals surface area contributed by atoms with E-state index in [4.69, 9.17) is 9.47 Å². The topological polar surface area (TPSA) is 18.5 Å². The molecule has 0 N–H and O–H groups in total. The van der Waals surface area contributed by atoms with Crippen molar-refractivity contribution in [2.24, 2.45) is 35.5 Å². The number of rotatable bonds is 10. The van der Waals surface area contributed by atoms with Gasteiger partial charge < -0.3 is 9.47 Å². The summed E-state index contributed by atoms with van der Waals surface area (Å²) < 4.78 is 13.9. The van der Waals surface area contributed by atoms with Crippen LogP contribution in [0.5, 0.6) is 11.0 Å². The van der Waals surface area contributed by atoms with Crippen molar-refractivity contribution < 1.29 is 9.47 Å². The fourth-order valence-electron chi connectivity index (χ4n) is 10.5. The zero-order chi connectivity index (χ0) is 35.3. The molecule has 8 atom stereocenters. The van der Waals surface area contributed by atoms with Gasteiger partial charge in [0.2, 0.25) is 0 Å². The van der Waals surface area contributed by atoms with Crippen molar-refractivity contribution in [1.82, 2.24) is 0 Å². The highest BCUT2D eigenvalue weighted by Crippen LogP contribution is 2.62. The molecule has 3 aliphatic rings. The Balaban J connectivity index is 0.905. The van der Waals surface area contributed by atoms with Crippen LogP contribution in [0.25, 0.3) is 44.5 Å². The zero-order valence-corrected chi connectivity index (χ0v) is 32.9. The molecule has 2 heterocycles. The lowest BCUT2D eigenvalue weighted by Crippen LogP contribution is -2.28. The van der Waals surface area contributed by atoms with Crippen LogP contribution < -0.4 is 9.47 Å². The third-order valence-electron chi connectivity index (χ3n) is 13.0. The number of ether oxygens (including phenoxy) is 2. The van der Waals surface area contributed by atoms with Crippen LogP contribution in [-0.2, 0) is 0 Å². The molecular formula is C48H50O2P2. The lowest BCUT2D eigenvalue weighted by atomic mass is 9.76. The first kappa shape index (κ1) is 33.8. The fourth-order valence-corrected chi connectivity index (χ4v) is 12.8. The van der Waals surface area contributed by atoms with Crippen molar-refractivity contribution in [3.05, 3.63) is 131 Å². The molecule has 6 aromatic rings. The molecule has 0 saturated heterocycles. The Morgan fingerprint density at radius 3 is 1.40 bits per heavy atom. The van der Waals surface area contributed by atoms with Crippen molar-refractivity contribution in [2.75, 3.05) is 13.2 Å². The molecule has 0 radical (unpaired) electrons. The van der Waals surface area contributed by atoms with Crippen LogP contribution in [0.1, 0.15) is 47.9 Å². The van der Waals surface area contributed by atoms with E-state index in [1.807, 2.05) is 0 Å². The van der Waals surface area contributed by atoms with E-state index in [0.29, 0.717) is 28.2 Å². The maximum Gasteiger partial charge on any atom is 0.142 e. The highest BCUT2D eigenvalue weighted by Gasteiger charge is 2.56. The van der Waals surface area contributed by atoms with Gasteiger partial charge in [-0.05, 0) is 156 Å². The van der Waals surface area contributed by atoms with E-state index in [2.05, 4.69) is 136 Å². The first-order chi connectivity index (χ1) is 25.4. The summed E-state index contributed by atoms with van der Waals surface area (Å²) in [6.07, 6.45) is 5.39. The summed E-state index contributed by atoms with van der Waals surface area (Å²) in [6.45, 7) is 10.6. The van der Waals surface area contributed by atoms with Crippen molar-refractivity contribution in [1.29, 1.82) is 0 Å². The van der Waals surface area contributed by atoms with Gasteiger partial charge in [-0.3, -0.25) is 0 Å². The van der Waals surface area contributed by atoms with E-state index in [9.17, 15) is 0 Å². The Morgan fingerprint density at radius 2 is 0.904 bits per heavy atom. The summed E-state index contributed by atoms with van der Waals surface area (Å²) in [5, 5.41) is 0. The monoisotopic (exact) mass is 720 g/mol. The van der Waals surface area contributed by atoms with Crippen molar-refractivity contribution in [3.63, 3.8) is 0 Å². The van der Waals surface area contributed by atoms with Gasteiger partial charge >= 0.3 is 0 Å². The van der Waals surface area contributed by atoms with Crippen LogP contribution in [0.3, 0.4) is 0 Å². The van der Waals surface area contributed by atoms with Gasteiger partial charge in [-0.1, -0.05) is 113 Å². The van der Waals surface area contributed by atoms with Gasteiger partial charge in [-0.15, -0.1) is 0 Å². The summed E-state index contributed by atoms with van der Waals surface area (Å²) in [5.41, 5.74) is 18.3. The van der Waals surface area contributed by atoms with Crippen molar-refractivity contribution in [2.45, 2.75) is 53.4 Å². The Bertz CT molecular complexity index is 2220. The van der Waals surface area contributed by atoms with Crippen LogP contribution in [0.15, 0.2) is 109 Å². The number of hydrogen-bond donors (Lipinski definition) is 0. The smallest absolute Gasteiger partial charge is 0.142 e. The molecular weight excluding hydrogens is 670 g/mol. The Kier molecular flexibility index (Phi) is 9.19. The molecule has 3 saturated carbocycles. The van der Waals surface area contributed by atoms with E-state index >= 15 is 0 Å². The molecule has 0 amide bonds. The van der Waals surface area contributed by atoms with Gasteiger partial charge in [-0.25, -0.2) is 0 Å². The lowest BCUT2D eigenvalue weighted by Gasteiger charge is -2.31. The molecule has 52 heavy (non-hydrogen) atoms. The van der Waals surface area contributed by atoms with Gasteiger partial charge in [0, 0.05) is 11.1 Å². The molecule has 9 rings (SSSR count). The standard InChI is InChI=1S/C48H50O2P2/c1-29-13-5-9-17-36(29)43-27-51-47(45(43)38-19-11-7-15-31(38)3)49-25-33-21-40-34-23-35(41(24-34)42(40)22-33)26-50-48-46(39-20-12-8-16-32(39)4)44(28-52-48)37-18-10-6-14-30(37)2/h5-20,27-28,33-35,40-42,51-52H,21-26H2,1-4H3. The highest BCUT2D eigenvalue weighted by atomic mass is 31.0. The summed E-state index contributed by atoms with van der Waals surface area (Å²) >= 11 is 0. The van der Waals surface area contributed by atoms with Gasteiger partial charge in [0.15, 0.2) is 0 Å². The zero-order valence-electron chi connectivity index (χ0n) is 30.9. The van der Waals surface area contributed by atoms with Gasteiger partial charge in [-0.2, -0.15) is 0 Å². The first-order valence-electron chi connectivity index (χ1n) is 19.4. The molecule has 4 heteroatoms. The Morgan fingerprint density at radius 1 is 0.462 bits per heavy atom. The maximum absolute atomic E-state index is 6.97. The normalized spacial score (nSPS) is 23.5. The molecule has 0 aliphatic heterocycles. The van der Waals surface area contributed by atoms with Crippen molar-refractivity contribution >= 4 is 16.4 Å². The Hall–Kier alpha value is -3.96. The maximum atomic E-state index is 6.97. The highest BCUT2D eigenvalue weighted by molar-refractivity contribution is 7.33. The van der Waals surface area contributed by atoms with Gasteiger partial charge in [0.25, 0.3) is 0 Å². The summed E-state index contributed by atoms with van der Waals surface area (Å²) in [6, 6.07) is 35.3. The minimum absolute atomic E-state index is 0.575. The van der Waals surface area contributed by atoms with Crippen LogP contribution in [-0.4, -0.2) is 13.2 Å². The summed E-state index contributed by atoms with van der Waals surface area (Å²) in [4.78, 5) is 0. The molecule has 3 aliphatic carbocycles. The Labute approximate surface area is 313 Å². The van der Waals surface area contributed by atoms with Crippen LogP contribution in [0.4, 0.5) is 0 Å². The fraction of sp³-hybridized carbons (Fsp3) is 0.333. The SMILES string of the molecule is Cc1ccccc1-c1c[pH]c(OCC2CC3C4CC(COc5[pH]cc(-c6ccccc6C)c5-c5ccccc5C)C(C4)C3C2)c1-c1ccccc1C. The number of fused-ring (bicyclic) bond motifs is 5. The summed E-state index contributed by atoms with van der Waals surface area (Å²) in [5.74, 6) is 9.52. The largest absolute Gasteiger partial charge is 0.489 e. The molecule has 2 aromatic heterocycles. The third-order valence-corrected chi connectivity index (χ3v) is 15.2. The molecule has 2 bridgehead atoms. The van der Waals surface area contributed by atoms with E-state index in [1.54, 1.807) is 0 Å². The number of hydrogen-bond acceptors (Lipinski definition) is 2. The second-order valence-electron chi connectivity index (χ2n) is 16.0. The number of aryl methyl sites for hydroxylation is 4. The minimum Gasteiger partial charge on any atom is -0.489 e. The van der Waals surface area contributed by atoms with E-state index < -0.39 is 0 Å². The predicted octanol–water partition coefficient (Wildman–Crippen LogP) is 13.4. The second-order valence-corrected chi connectivity index (χ2v) is 18.1. The van der Waals surface area contributed by atoms with Gasteiger partial charge in [0.05, 0.1) is 13.2 Å². The van der Waals surface area contributed by atoms with Crippen LogP contribution >= 0.6 is 16.4 Å². The molecule has 264 valence electrons. The predicted molar refractivity (Wildman–Crippen MR) is 223 cm³/mol. The molecule has 3 fully saturated rings. The molecule has 8 unspecified atom stereocenters. The molecule has 4 aromatic carbocycles. The van der Waals surface area contributed by atoms with Crippen LogP contribution in [0, 0.1) is 63.2 Å². The van der Waals surface area contributed by atoms with Crippen LogP contribution in [0.2, 0.25) is 0 Å². The quantitative estimate of drug-likeness (QED) is 0.140. The first-order valence-corrected chi connectivity index (χ1v) is 21.5. The molecule has 2 nitrogen and oxygen atoms in total. The second kappa shape index (κ2) is 14.1. The lowest BCUT2D eigenvalue weighted by molar-refractivity contribution is 0.134. The van der Waals surface area contributed by atoms with E-state index in [0.717, 1.165) is 36.9 Å². The minimum atomic E-state index is 0.575. The van der Waals surface area contributed by atoms with Gasteiger partial charge in [0.1, 0.15) is 11.0 Å². The average Bonchev–Trinajstić information content (AvgIpc) is 3.98.